The van der Waals surface area contributed by atoms with E-state index < -0.39 is 0 Å². The number of ether oxygens (including phenoxy) is 1. The molecule has 96 valence electrons. The Morgan fingerprint density at radius 1 is 1.33 bits per heavy atom. The van der Waals surface area contributed by atoms with Crippen LogP contribution in [0.3, 0.4) is 0 Å². The van der Waals surface area contributed by atoms with Crippen molar-refractivity contribution < 1.29 is 4.74 Å². The molecule has 0 aliphatic rings. The van der Waals surface area contributed by atoms with Crippen molar-refractivity contribution in [3.05, 3.63) is 30.1 Å². The summed E-state index contributed by atoms with van der Waals surface area (Å²) in [7, 11) is 1.88. The maximum Gasteiger partial charge on any atom is 0.173 e. The van der Waals surface area contributed by atoms with E-state index in [1.54, 1.807) is 4.68 Å². The van der Waals surface area contributed by atoms with Crippen molar-refractivity contribution in [3.63, 3.8) is 0 Å². The van der Waals surface area contributed by atoms with Crippen LogP contribution in [0.2, 0.25) is 0 Å². The first-order chi connectivity index (χ1) is 8.76. The van der Waals surface area contributed by atoms with Crippen LogP contribution >= 0.6 is 0 Å². The zero-order chi connectivity index (χ0) is 13.0. The predicted molar refractivity (Wildman–Crippen MR) is 67.8 cm³/mol. The first kappa shape index (κ1) is 12.5. The third-order valence-corrected chi connectivity index (χ3v) is 2.71. The molecule has 2 aromatic rings. The summed E-state index contributed by atoms with van der Waals surface area (Å²) in [5.41, 5.74) is 0.917. The van der Waals surface area contributed by atoms with Crippen LogP contribution in [0.5, 0.6) is 5.75 Å². The van der Waals surface area contributed by atoms with E-state index in [4.69, 9.17) is 4.74 Å². The molecule has 0 amide bonds. The zero-order valence-electron chi connectivity index (χ0n) is 10.8. The van der Waals surface area contributed by atoms with Gasteiger partial charge in [-0.1, -0.05) is 0 Å². The quantitative estimate of drug-likeness (QED) is 0.863. The maximum absolute atomic E-state index is 5.40. The van der Waals surface area contributed by atoms with Crippen LogP contribution in [0.15, 0.2) is 24.3 Å². The normalized spacial score (nSPS) is 12.4. The molecular weight excluding hydrogens is 230 g/mol. The molecule has 0 fully saturated rings. The lowest BCUT2D eigenvalue weighted by Gasteiger charge is -2.10. The number of benzene rings is 1. The number of hydrogen-bond acceptors (Lipinski definition) is 5. The molecular formula is C12H17N5O. The van der Waals surface area contributed by atoms with Crippen LogP contribution in [-0.4, -0.2) is 33.9 Å². The summed E-state index contributed by atoms with van der Waals surface area (Å²) < 4.78 is 7.12. The molecule has 6 heteroatoms. The summed E-state index contributed by atoms with van der Waals surface area (Å²) in [6, 6.07) is 7.79. The first-order valence-corrected chi connectivity index (χ1v) is 5.95. The fourth-order valence-corrected chi connectivity index (χ4v) is 1.63. The van der Waals surface area contributed by atoms with Crippen molar-refractivity contribution >= 4 is 0 Å². The van der Waals surface area contributed by atoms with Gasteiger partial charge in [-0.2, -0.15) is 4.68 Å². The smallest absolute Gasteiger partial charge is 0.173 e. The Hall–Kier alpha value is -1.95. The Morgan fingerprint density at radius 3 is 2.67 bits per heavy atom. The Labute approximate surface area is 106 Å². The minimum atomic E-state index is 0.0894. The van der Waals surface area contributed by atoms with Crippen molar-refractivity contribution in [1.82, 2.24) is 25.5 Å². The Bertz CT molecular complexity index is 493. The largest absolute Gasteiger partial charge is 0.494 e. The molecule has 1 unspecified atom stereocenters. The minimum absolute atomic E-state index is 0.0894. The lowest BCUT2D eigenvalue weighted by atomic mass is 10.2. The van der Waals surface area contributed by atoms with E-state index in [1.807, 2.05) is 45.2 Å². The highest BCUT2D eigenvalue weighted by Crippen LogP contribution is 2.17. The number of rotatable bonds is 5. The second-order valence-corrected chi connectivity index (χ2v) is 3.89. The number of nitrogens with zero attached hydrogens (tertiary/aromatic N) is 4. The maximum atomic E-state index is 5.40. The van der Waals surface area contributed by atoms with Gasteiger partial charge >= 0.3 is 0 Å². The second-order valence-electron chi connectivity index (χ2n) is 3.89. The van der Waals surface area contributed by atoms with Gasteiger partial charge < -0.3 is 10.1 Å². The molecule has 1 aromatic heterocycles. The first-order valence-electron chi connectivity index (χ1n) is 5.95. The third-order valence-electron chi connectivity index (χ3n) is 2.71. The molecule has 1 atom stereocenters. The molecule has 1 aromatic carbocycles. The molecule has 0 spiro atoms. The third kappa shape index (κ3) is 2.48. The number of tetrazole rings is 1. The fourth-order valence-electron chi connectivity index (χ4n) is 1.63. The molecule has 0 saturated carbocycles. The molecule has 2 rings (SSSR count). The molecule has 0 bridgehead atoms. The van der Waals surface area contributed by atoms with E-state index in [9.17, 15) is 0 Å². The summed E-state index contributed by atoms with van der Waals surface area (Å²) in [6.07, 6.45) is 0. The molecule has 0 aliphatic carbocycles. The Morgan fingerprint density at radius 2 is 2.06 bits per heavy atom. The van der Waals surface area contributed by atoms with Gasteiger partial charge in [0, 0.05) is 0 Å². The van der Waals surface area contributed by atoms with Crippen LogP contribution < -0.4 is 10.1 Å². The number of aromatic nitrogens is 4. The number of hydrogen-bond donors (Lipinski definition) is 1. The van der Waals surface area contributed by atoms with Gasteiger partial charge in [-0.05, 0) is 55.6 Å². The van der Waals surface area contributed by atoms with Gasteiger partial charge in [0.05, 0.1) is 18.3 Å². The average molecular weight is 247 g/mol. The van der Waals surface area contributed by atoms with Crippen molar-refractivity contribution in [2.75, 3.05) is 13.7 Å². The van der Waals surface area contributed by atoms with Gasteiger partial charge in [-0.25, -0.2) is 0 Å². The van der Waals surface area contributed by atoms with Crippen LogP contribution in [0.1, 0.15) is 25.7 Å². The van der Waals surface area contributed by atoms with Crippen LogP contribution in [-0.2, 0) is 0 Å². The Kier molecular flexibility index (Phi) is 3.88. The van der Waals surface area contributed by atoms with Gasteiger partial charge in [-0.3, -0.25) is 0 Å². The lowest BCUT2D eigenvalue weighted by Crippen LogP contribution is -2.17. The molecule has 0 radical (unpaired) electrons. The van der Waals surface area contributed by atoms with E-state index in [-0.39, 0.29) is 6.04 Å². The summed E-state index contributed by atoms with van der Waals surface area (Å²) >= 11 is 0. The van der Waals surface area contributed by atoms with Gasteiger partial charge in [0.1, 0.15) is 5.75 Å². The Balaban J connectivity index is 2.28. The van der Waals surface area contributed by atoms with Crippen LogP contribution in [0, 0.1) is 0 Å². The molecule has 0 saturated heterocycles. The van der Waals surface area contributed by atoms with Crippen molar-refractivity contribution in [3.8, 4) is 11.4 Å². The average Bonchev–Trinajstić information content (AvgIpc) is 2.88. The van der Waals surface area contributed by atoms with E-state index in [0.29, 0.717) is 6.61 Å². The highest BCUT2D eigenvalue weighted by molar-refractivity contribution is 5.37. The predicted octanol–water partition coefficient (Wildman–Crippen LogP) is 1.34. The van der Waals surface area contributed by atoms with Crippen molar-refractivity contribution in [1.29, 1.82) is 0 Å². The fraction of sp³-hybridized carbons (Fsp3) is 0.417. The van der Waals surface area contributed by atoms with Crippen LogP contribution in [0.4, 0.5) is 0 Å². The van der Waals surface area contributed by atoms with E-state index in [0.717, 1.165) is 17.3 Å². The van der Waals surface area contributed by atoms with E-state index in [1.165, 1.54) is 0 Å². The van der Waals surface area contributed by atoms with Gasteiger partial charge in [0.15, 0.2) is 5.82 Å². The summed E-state index contributed by atoms with van der Waals surface area (Å²) in [5, 5.41) is 14.9. The topological polar surface area (TPSA) is 64.9 Å². The van der Waals surface area contributed by atoms with E-state index in [2.05, 4.69) is 20.8 Å². The van der Waals surface area contributed by atoms with Gasteiger partial charge in [0.25, 0.3) is 0 Å². The number of nitrogens with one attached hydrogen (secondary N) is 1. The van der Waals surface area contributed by atoms with Crippen LogP contribution in [0.25, 0.3) is 5.69 Å². The van der Waals surface area contributed by atoms with Gasteiger partial charge in [-0.15, -0.1) is 5.10 Å². The van der Waals surface area contributed by atoms with Crippen molar-refractivity contribution in [2.24, 2.45) is 0 Å². The molecule has 0 aliphatic heterocycles. The monoisotopic (exact) mass is 247 g/mol. The van der Waals surface area contributed by atoms with E-state index >= 15 is 0 Å². The van der Waals surface area contributed by atoms with Crippen molar-refractivity contribution in [2.45, 2.75) is 19.9 Å². The molecule has 18 heavy (non-hydrogen) atoms. The highest BCUT2D eigenvalue weighted by Gasteiger charge is 2.13. The minimum Gasteiger partial charge on any atom is -0.494 e. The standard InChI is InChI=1S/C12H17N5O/c1-4-18-11-7-5-10(6-8-11)17-12(9(2)13-3)14-15-16-17/h5-9,13H,4H2,1-3H3. The second kappa shape index (κ2) is 5.59. The molecule has 1 N–H and O–H groups in total. The molecule has 1 heterocycles. The highest BCUT2D eigenvalue weighted by atomic mass is 16.5. The lowest BCUT2D eigenvalue weighted by molar-refractivity contribution is 0.340. The summed E-state index contributed by atoms with van der Waals surface area (Å²) in [6.45, 7) is 4.63. The SMILES string of the molecule is CCOc1ccc(-n2nnnc2C(C)NC)cc1. The van der Waals surface area contributed by atoms with Gasteiger partial charge in [0.2, 0.25) is 0 Å². The molecule has 6 nitrogen and oxygen atoms in total. The summed E-state index contributed by atoms with van der Waals surface area (Å²) in [5.74, 6) is 1.62. The zero-order valence-corrected chi connectivity index (χ0v) is 10.8. The summed E-state index contributed by atoms with van der Waals surface area (Å²) in [4.78, 5) is 0.